The van der Waals surface area contributed by atoms with Crippen LogP contribution in [0.2, 0.25) is 0 Å². The van der Waals surface area contributed by atoms with Gasteiger partial charge in [-0.1, -0.05) is 0 Å². The standard InChI is InChI=1S/C11H10N4S/c1-8-7-9(12-2)3-4-10(8)14-15-11-13-5-6-16-11/h3-7H,2H2,1H3. The van der Waals surface area contributed by atoms with Gasteiger partial charge >= 0.3 is 0 Å². The minimum Gasteiger partial charge on any atom is -0.265 e. The van der Waals surface area contributed by atoms with Gasteiger partial charge in [0.1, 0.15) is 0 Å². The highest BCUT2D eigenvalue weighted by molar-refractivity contribution is 7.13. The van der Waals surface area contributed by atoms with Crippen molar-refractivity contribution in [2.75, 3.05) is 0 Å². The van der Waals surface area contributed by atoms with Gasteiger partial charge in [-0.05, 0) is 37.4 Å². The maximum absolute atomic E-state index is 4.13. The number of rotatable bonds is 3. The molecule has 0 aliphatic rings. The number of hydrogen-bond acceptors (Lipinski definition) is 5. The summed E-state index contributed by atoms with van der Waals surface area (Å²) in [6.07, 6.45) is 1.70. The Kier molecular flexibility index (Phi) is 3.16. The number of hydrogen-bond donors (Lipinski definition) is 0. The normalized spacial score (nSPS) is 10.8. The number of thiazole rings is 1. The average Bonchev–Trinajstić information content (AvgIpc) is 2.80. The zero-order valence-electron chi connectivity index (χ0n) is 8.79. The van der Waals surface area contributed by atoms with Gasteiger partial charge in [0.25, 0.3) is 0 Å². The Hall–Kier alpha value is -1.88. The van der Waals surface area contributed by atoms with E-state index in [0.717, 1.165) is 16.9 Å². The van der Waals surface area contributed by atoms with Gasteiger partial charge < -0.3 is 0 Å². The van der Waals surface area contributed by atoms with Crippen LogP contribution in [-0.2, 0) is 0 Å². The van der Waals surface area contributed by atoms with Crippen LogP contribution in [0.5, 0.6) is 0 Å². The molecular weight excluding hydrogens is 220 g/mol. The van der Waals surface area contributed by atoms with E-state index in [1.54, 1.807) is 6.20 Å². The summed E-state index contributed by atoms with van der Waals surface area (Å²) in [5.74, 6) is 0. The molecule has 80 valence electrons. The summed E-state index contributed by atoms with van der Waals surface area (Å²) in [7, 11) is 0. The summed E-state index contributed by atoms with van der Waals surface area (Å²) in [6.45, 7) is 5.44. The Labute approximate surface area is 97.4 Å². The van der Waals surface area contributed by atoms with E-state index in [-0.39, 0.29) is 0 Å². The van der Waals surface area contributed by atoms with Crippen molar-refractivity contribution >= 4 is 34.6 Å². The molecule has 1 aromatic heterocycles. The number of azo groups is 1. The van der Waals surface area contributed by atoms with Gasteiger partial charge in [-0.2, -0.15) is 0 Å². The summed E-state index contributed by atoms with van der Waals surface area (Å²) >= 11 is 1.46. The van der Waals surface area contributed by atoms with Gasteiger partial charge in [0, 0.05) is 11.6 Å². The summed E-state index contributed by atoms with van der Waals surface area (Å²) in [4.78, 5) is 7.87. The summed E-state index contributed by atoms with van der Waals surface area (Å²) in [5, 5.41) is 10.7. The SMILES string of the molecule is C=Nc1ccc(N=Nc2nccs2)c(C)c1. The van der Waals surface area contributed by atoms with Crippen LogP contribution in [0.25, 0.3) is 0 Å². The third kappa shape index (κ3) is 2.38. The first kappa shape index (κ1) is 10.6. The number of aryl methyl sites for hydroxylation is 1. The Balaban J connectivity index is 2.25. The van der Waals surface area contributed by atoms with Crippen LogP contribution in [0, 0.1) is 6.92 Å². The largest absolute Gasteiger partial charge is 0.265 e. The predicted octanol–water partition coefficient (Wildman–Crippen LogP) is 4.20. The predicted molar refractivity (Wildman–Crippen MR) is 66.7 cm³/mol. The van der Waals surface area contributed by atoms with E-state index in [0.29, 0.717) is 5.13 Å². The molecule has 16 heavy (non-hydrogen) atoms. The molecule has 1 aromatic carbocycles. The molecule has 0 atom stereocenters. The Morgan fingerprint density at radius 2 is 2.19 bits per heavy atom. The van der Waals surface area contributed by atoms with E-state index in [4.69, 9.17) is 0 Å². The molecule has 2 rings (SSSR count). The number of aromatic nitrogens is 1. The van der Waals surface area contributed by atoms with E-state index in [2.05, 4.69) is 26.9 Å². The molecule has 0 saturated carbocycles. The number of aliphatic imine (C=N–C) groups is 1. The van der Waals surface area contributed by atoms with Gasteiger partial charge in [0.2, 0.25) is 5.13 Å². The maximum Gasteiger partial charge on any atom is 0.229 e. The van der Waals surface area contributed by atoms with Crippen LogP contribution in [-0.4, -0.2) is 11.7 Å². The van der Waals surface area contributed by atoms with E-state index in [9.17, 15) is 0 Å². The second-order valence-corrected chi connectivity index (χ2v) is 4.02. The quantitative estimate of drug-likeness (QED) is 0.575. The van der Waals surface area contributed by atoms with Crippen LogP contribution in [0.3, 0.4) is 0 Å². The Bertz CT molecular complexity index is 517. The lowest BCUT2D eigenvalue weighted by molar-refractivity contribution is 1.18. The van der Waals surface area contributed by atoms with Gasteiger partial charge in [-0.15, -0.1) is 21.6 Å². The van der Waals surface area contributed by atoms with Gasteiger partial charge in [0.15, 0.2) is 0 Å². The van der Waals surface area contributed by atoms with Gasteiger partial charge in [0.05, 0.1) is 11.4 Å². The molecule has 0 spiro atoms. The maximum atomic E-state index is 4.13. The lowest BCUT2D eigenvalue weighted by Crippen LogP contribution is -1.73. The zero-order chi connectivity index (χ0) is 11.4. The first-order chi connectivity index (χ1) is 7.79. The summed E-state index contributed by atoms with van der Waals surface area (Å²) in [5.41, 5.74) is 2.68. The van der Waals surface area contributed by atoms with Gasteiger partial charge in [-0.25, -0.2) is 4.98 Å². The van der Waals surface area contributed by atoms with Crippen LogP contribution in [0.15, 0.2) is 45.0 Å². The summed E-state index contributed by atoms with van der Waals surface area (Å²) < 4.78 is 0. The molecule has 0 amide bonds. The fourth-order valence-corrected chi connectivity index (χ4v) is 1.67. The molecule has 0 N–H and O–H groups in total. The number of nitrogens with zero attached hydrogens (tertiary/aromatic N) is 4. The molecule has 0 aliphatic carbocycles. The van der Waals surface area contributed by atoms with Crippen molar-refractivity contribution in [2.45, 2.75) is 6.92 Å². The van der Waals surface area contributed by atoms with Crippen LogP contribution >= 0.6 is 11.3 Å². The molecule has 2 aromatic rings. The minimum atomic E-state index is 0.658. The lowest BCUT2D eigenvalue weighted by atomic mass is 10.2. The fourth-order valence-electron chi connectivity index (χ4n) is 1.21. The first-order valence-electron chi connectivity index (χ1n) is 4.68. The van der Waals surface area contributed by atoms with Crippen molar-refractivity contribution < 1.29 is 0 Å². The molecule has 0 bridgehead atoms. The second kappa shape index (κ2) is 4.76. The van der Waals surface area contributed by atoms with Gasteiger partial charge in [-0.3, -0.25) is 4.99 Å². The fraction of sp³-hybridized carbons (Fsp3) is 0.0909. The topological polar surface area (TPSA) is 50.0 Å². The molecule has 0 radical (unpaired) electrons. The minimum absolute atomic E-state index is 0.658. The van der Waals surface area contributed by atoms with E-state index in [1.165, 1.54) is 11.3 Å². The van der Waals surface area contributed by atoms with Crippen LogP contribution in [0.1, 0.15) is 5.56 Å². The molecule has 5 heteroatoms. The monoisotopic (exact) mass is 230 g/mol. The Morgan fingerprint density at radius 3 is 2.81 bits per heavy atom. The van der Waals surface area contributed by atoms with Crippen LogP contribution in [0.4, 0.5) is 16.5 Å². The highest BCUT2D eigenvalue weighted by Crippen LogP contribution is 2.26. The second-order valence-electron chi connectivity index (χ2n) is 3.14. The highest BCUT2D eigenvalue weighted by Gasteiger charge is 1.98. The van der Waals surface area contributed by atoms with Crippen molar-refractivity contribution in [3.8, 4) is 0 Å². The number of benzene rings is 1. The summed E-state index contributed by atoms with van der Waals surface area (Å²) in [6, 6.07) is 5.65. The van der Waals surface area contributed by atoms with Crippen molar-refractivity contribution in [2.24, 2.45) is 15.2 Å². The molecule has 0 aliphatic heterocycles. The average molecular weight is 230 g/mol. The van der Waals surface area contributed by atoms with Crippen molar-refractivity contribution in [3.63, 3.8) is 0 Å². The van der Waals surface area contributed by atoms with Crippen molar-refractivity contribution in [3.05, 3.63) is 35.3 Å². The van der Waals surface area contributed by atoms with E-state index < -0.39 is 0 Å². The Morgan fingerprint density at radius 1 is 1.31 bits per heavy atom. The molecule has 0 fully saturated rings. The molecule has 0 saturated heterocycles. The van der Waals surface area contributed by atoms with Crippen LogP contribution < -0.4 is 0 Å². The third-order valence-electron chi connectivity index (χ3n) is 2.03. The molecule has 0 unspecified atom stereocenters. The van der Waals surface area contributed by atoms with Crippen molar-refractivity contribution in [1.29, 1.82) is 0 Å². The van der Waals surface area contributed by atoms with Crippen molar-refractivity contribution in [1.82, 2.24) is 4.98 Å². The van der Waals surface area contributed by atoms with E-state index in [1.807, 2.05) is 30.5 Å². The molecule has 4 nitrogen and oxygen atoms in total. The lowest BCUT2D eigenvalue weighted by Gasteiger charge is -1.99. The third-order valence-corrected chi connectivity index (χ3v) is 2.68. The van der Waals surface area contributed by atoms with E-state index >= 15 is 0 Å². The molecular formula is C11H10N4S. The smallest absolute Gasteiger partial charge is 0.229 e. The highest BCUT2D eigenvalue weighted by atomic mass is 32.1. The first-order valence-corrected chi connectivity index (χ1v) is 5.56. The molecule has 1 heterocycles. The zero-order valence-corrected chi connectivity index (χ0v) is 9.61.